The predicted octanol–water partition coefficient (Wildman–Crippen LogP) is 3.93. The molecule has 2 aromatic rings. The van der Waals surface area contributed by atoms with Crippen molar-refractivity contribution < 1.29 is 13.6 Å². The summed E-state index contributed by atoms with van der Waals surface area (Å²) in [5.74, 6) is -1.72. The minimum atomic E-state index is -0.677. The standard InChI is InChI=1S/C16H13F2NO/c1-11-2-5-15(6-3-11)19-16(20)7-4-12-8-13(17)10-14(18)9-12/h2-10H,1H3,(H,19,20)/b7-4+. The van der Waals surface area contributed by atoms with Crippen molar-refractivity contribution in [2.75, 3.05) is 5.32 Å². The number of halogens is 2. The zero-order valence-electron chi connectivity index (χ0n) is 10.9. The molecule has 0 saturated carbocycles. The molecule has 1 amide bonds. The van der Waals surface area contributed by atoms with Crippen LogP contribution in [0.3, 0.4) is 0 Å². The van der Waals surface area contributed by atoms with E-state index in [1.54, 1.807) is 12.1 Å². The lowest BCUT2D eigenvalue weighted by Crippen LogP contribution is -2.07. The first-order chi connectivity index (χ1) is 9.52. The molecule has 102 valence electrons. The van der Waals surface area contributed by atoms with Crippen molar-refractivity contribution in [3.05, 3.63) is 71.3 Å². The summed E-state index contributed by atoms with van der Waals surface area (Å²) in [6.07, 6.45) is 2.59. The van der Waals surface area contributed by atoms with Crippen LogP contribution < -0.4 is 5.32 Å². The number of amides is 1. The number of carbonyl (C=O) groups is 1. The van der Waals surface area contributed by atoms with Crippen molar-refractivity contribution in [1.82, 2.24) is 0 Å². The summed E-state index contributed by atoms with van der Waals surface area (Å²) in [6.45, 7) is 1.95. The van der Waals surface area contributed by atoms with Crippen LogP contribution in [0.4, 0.5) is 14.5 Å². The smallest absolute Gasteiger partial charge is 0.248 e. The molecule has 0 spiro atoms. The largest absolute Gasteiger partial charge is 0.323 e. The molecule has 0 aliphatic rings. The van der Waals surface area contributed by atoms with Crippen LogP contribution in [0, 0.1) is 18.6 Å². The van der Waals surface area contributed by atoms with Crippen LogP contribution >= 0.6 is 0 Å². The van der Waals surface area contributed by atoms with Crippen LogP contribution in [0.1, 0.15) is 11.1 Å². The van der Waals surface area contributed by atoms with Crippen LogP contribution in [0.2, 0.25) is 0 Å². The zero-order valence-corrected chi connectivity index (χ0v) is 10.9. The van der Waals surface area contributed by atoms with E-state index in [0.717, 1.165) is 23.8 Å². The van der Waals surface area contributed by atoms with E-state index in [0.29, 0.717) is 11.3 Å². The number of benzene rings is 2. The molecule has 2 nitrogen and oxygen atoms in total. The third kappa shape index (κ3) is 4.02. The number of hydrogen-bond acceptors (Lipinski definition) is 1. The predicted molar refractivity (Wildman–Crippen MR) is 75.2 cm³/mol. The summed E-state index contributed by atoms with van der Waals surface area (Å²) in [6, 6.07) is 10.4. The highest BCUT2D eigenvalue weighted by atomic mass is 19.1. The van der Waals surface area contributed by atoms with Gasteiger partial charge < -0.3 is 5.32 Å². The van der Waals surface area contributed by atoms with Gasteiger partial charge in [-0.15, -0.1) is 0 Å². The summed E-state index contributed by atoms with van der Waals surface area (Å²) in [7, 11) is 0. The Hall–Kier alpha value is -2.49. The maximum Gasteiger partial charge on any atom is 0.248 e. The third-order valence-electron chi connectivity index (χ3n) is 2.63. The lowest BCUT2D eigenvalue weighted by Gasteiger charge is -2.02. The Kier molecular flexibility index (Phi) is 4.25. The normalized spacial score (nSPS) is 10.8. The molecule has 0 aliphatic heterocycles. The quantitative estimate of drug-likeness (QED) is 0.844. The number of hydrogen-bond donors (Lipinski definition) is 1. The second-order valence-corrected chi connectivity index (χ2v) is 4.39. The molecule has 2 rings (SSSR count). The van der Waals surface area contributed by atoms with Gasteiger partial charge in [0.2, 0.25) is 5.91 Å². The van der Waals surface area contributed by atoms with Crippen LogP contribution in [0.15, 0.2) is 48.5 Å². The Labute approximate surface area is 115 Å². The van der Waals surface area contributed by atoms with E-state index in [1.165, 1.54) is 12.2 Å². The molecule has 0 fully saturated rings. The summed E-state index contributed by atoms with van der Waals surface area (Å²) in [5, 5.41) is 2.66. The van der Waals surface area contributed by atoms with Crippen molar-refractivity contribution in [3.8, 4) is 0 Å². The molecule has 0 atom stereocenters. The van der Waals surface area contributed by atoms with E-state index < -0.39 is 11.6 Å². The summed E-state index contributed by atoms with van der Waals surface area (Å²) >= 11 is 0. The molecule has 0 radical (unpaired) electrons. The van der Waals surface area contributed by atoms with Crippen LogP contribution in [-0.4, -0.2) is 5.91 Å². The van der Waals surface area contributed by atoms with Crippen LogP contribution in [-0.2, 0) is 4.79 Å². The van der Waals surface area contributed by atoms with Gasteiger partial charge in [0, 0.05) is 17.8 Å². The lowest BCUT2D eigenvalue weighted by atomic mass is 10.2. The molecule has 0 saturated heterocycles. The minimum absolute atomic E-state index is 0.293. The SMILES string of the molecule is Cc1ccc(NC(=O)/C=C/c2cc(F)cc(F)c2)cc1. The Morgan fingerprint density at radius 1 is 1.05 bits per heavy atom. The van der Waals surface area contributed by atoms with E-state index in [-0.39, 0.29) is 5.91 Å². The second-order valence-electron chi connectivity index (χ2n) is 4.39. The first kappa shape index (κ1) is 13.9. The first-order valence-corrected chi connectivity index (χ1v) is 6.05. The Morgan fingerprint density at radius 2 is 1.65 bits per heavy atom. The molecular formula is C16H13F2NO. The number of aryl methyl sites for hydroxylation is 1. The van der Waals surface area contributed by atoms with Crippen molar-refractivity contribution in [2.45, 2.75) is 6.92 Å². The van der Waals surface area contributed by atoms with Crippen LogP contribution in [0.5, 0.6) is 0 Å². The molecule has 0 unspecified atom stereocenters. The van der Waals surface area contributed by atoms with Gasteiger partial charge in [-0.05, 0) is 42.8 Å². The van der Waals surface area contributed by atoms with Crippen molar-refractivity contribution in [1.29, 1.82) is 0 Å². The molecule has 0 aromatic heterocycles. The van der Waals surface area contributed by atoms with Gasteiger partial charge in [0.25, 0.3) is 0 Å². The number of anilines is 1. The summed E-state index contributed by atoms with van der Waals surface area (Å²) < 4.78 is 25.9. The highest BCUT2D eigenvalue weighted by Crippen LogP contribution is 2.11. The summed E-state index contributed by atoms with van der Waals surface area (Å²) in [5.41, 5.74) is 2.05. The fraction of sp³-hybridized carbons (Fsp3) is 0.0625. The topological polar surface area (TPSA) is 29.1 Å². The molecule has 1 N–H and O–H groups in total. The average Bonchev–Trinajstić information content (AvgIpc) is 2.38. The molecule has 0 bridgehead atoms. The van der Waals surface area contributed by atoms with E-state index in [1.807, 2.05) is 19.1 Å². The van der Waals surface area contributed by atoms with E-state index in [2.05, 4.69) is 5.32 Å². The minimum Gasteiger partial charge on any atom is -0.323 e. The Bertz CT molecular complexity index is 628. The van der Waals surface area contributed by atoms with E-state index >= 15 is 0 Å². The van der Waals surface area contributed by atoms with Gasteiger partial charge >= 0.3 is 0 Å². The Morgan fingerprint density at radius 3 is 2.25 bits per heavy atom. The second kappa shape index (κ2) is 6.10. The fourth-order valence-electron chi connectivity index (χ4n) is 1.66. The van der Waals surface area contributed by atoms with Crippen molar-refractivity contribution >= 4 is 17.7 Å². The first-order valence-electron chi connectivity index (χ1n) is 6.05. The van der Waals surface area contributed by atoms with Gasteiger partial charge in [-0.1, -0.05) is 17.7 Å². The van der Waals surface area contributed by atoms with E-state index in [4.69, 9.17) is 0 Å². The van der Waals surface area contributed by atoms with Gasteiger partial charge in [0.05, 0.1) is 0 Å². The summed E-state index contributed by atoms with van der Waals surface area (Å²) in [4.78, 5) is 11.7. The highest BCUT2D eigenvalue weighted by Gasteiger charge is 2.00. The monoisotopic (exact) mass is 273 g/mol. The lowest BCUT2D eigenvalue weighted by molar-refractivity contribution is -0.111. The highest BCUT2D eigenvalue weighted by molar-refractivity contribution is 6.01. The molecule has 2 aromatic carbocycles. The molecule has 0 heterocycles. The fourth-order valence-corrected chi connectivity index (χ4v) is 1.66. The Balaban J connectivity index is 2.03. The average molecular weight is 273 g/mol. The maximum absolute atomic E-state index is 13.0. The van der Waals surface area contributed by atoms with Gasteiger partial charge in [-0.2, -0.15) is 0 Å². The molecular weight excluding hydrogens is 260 g/mol. The number of rotatable bonds is 3. The van der Waals surface area contributed by atoms with Gasteiger partial charge in [0.15, 0.2) is 0 Å². The number of nitrogens with one attached hydrogen (secondary N) is 1. The van der Waals surface area contributed by atoms with Gasteiger partial charge in [-0.25, -0.2) is 8.78 Å². The van der Waals surface area contributed by atoms with Crippen LogP contribution in [0.25, 0.3) is 6.08 Å². The number of carbonyl (C=O) groups excluding carboxylic acids is 1. The van der Waals surface area contributed by atoms with Crippen molar-refractivity contribution in [3.63, 3.8) is 0 Å². The zero-order chi connectivity index (χ0) is 14.5. The maximum atomic E-state index is 13.0. The van der Waals surface area contributed by atoms with Gasteiger partial charge in [-0.3, -0.25) is 4.79 Å². The molecule has 4 heteroatoms. The van der Waals surface area contributed by atoms with Crippen molar-refractivity contribution in [2.24, 2.45) is 0 Å². The van der Waals surface area contributed by atoms with E-state index in [9.17, 15) is 13.6 Å². The van der Waals surface area contributed by atoms with Gasteiger partial charge in [0.1, 0.15) is 11.6 Å². The molecule has 20 heavy (non-hydrogen) atoms. The third-order valence-corrected chi connectivity index (χ3v) is 2.63. The molecule has 0 aliphatic carbocycles.